The molecule has 0 saturated heterocycles. The van der Waals surface area contributed by atoms with Gasteiger partial charge in [0.2, 0.25) is 10.0 Å². The summed E-state index contributed by atoms with van der Waals surface area (Å²) in [5.74, 6) is 0.478. The summed E-state index contributed by atoms with van der Waals surface area (Å²) in [6.07, 6.45) is 1.94. The van der Waals surface area contributed by atoms with Gasteiger partial charge in [-0.1, -0.05) is 19.4 Å². The van der Waals surface area contributed by atoms with Crippen molar-refractivity contribution in [3.05, 3.63) is 23.3 Å². The highest BCUT2D eigenvalue weighted by Crippen LogP contribution is 2.35. The van der Waals surface area contributed by atoms with Crippen molar-refractivity contribution in [3.8, 4) is 0 Å². The third-order valence-corrected chi connectivity index (χ3v) is 5.42. The molecule has 0 aliphatic heterocycles. The summed E-state index contributed by atoms with van der Waals surface area (Å²) >= 11 is 0. The highest BCUT2D eigenvalue weighted by atomic mass is 32.2. The fourth-order valence-electron chi connectivity index (χ4n) is 2.27. The van der Waals surface area contributed by atoms with Crippen LogP contribution in [-0.4, -0.2) is 14.5 Å². The van der Waals surface area contributed by atoms with E-state index in [0.717, 1.165) is 24.0 Å². The first-order chi connectivity index (χ1) is 8.36. The van der Waals surface area contributed by atoms with E-state index in [1.165, 1.54) is 0 Å². The first kappa shape index (κ1) is 13.4. The van der Waals surface area contributed by atoms with Crippen molar-refractivity contribution >= 4 is 15.7 Å². The van der Waals surface area contributed by atoms with Gasteiger partial charge in [-0.3, -0.25) is 0 Å². The number of nitrogens with one attached hydrogen (secondary N) is 1. The van der Waals surface area contributed by atoms with Crippen molar-refractivity contribution in [1.82, 2.24) is 4.72 Å². The molecule has 1 fully saturated rings. The lowest BCUT2D eigenvalue weighted by atomic mass is 10.1. The lowest BCUT2D eigenvalue weighted by Gasteiger charge is -2.13. The Hall–Kier alpha value is -1.07. The Morgan fingerprint density at radius 2 is 2.06 bits per heavy atom. The van der Waals surface area contributed by atoms with Crippen molar-refractivity contribution in [2.24, 2.45) is 5.92 Å². The van der Waals surface area contributed by atoms with Gasteiger partial charge in [0, 0.05) is 6.04 Å². The van der Waals surface area contributed by atoms with Gasteiger partial charge in [0.05, 0.1) is 5.69 Å². The van der Waals surface area contributed by atoms with E-state index in [-0.39, 0.29) is 10.9 Å². The molecule has 3 N–H and O–H groups in total. The van der Waals surface area contributed by atoms with Gasteiger partial charge in [-0.05, 0) is 43.4 Å². The number of aryl methyl sites for hydroxylation is 1. The predicted octanol–water partition coefficient (Wildman–Crippen LogP) is 1.96. The molecule has 0 spiro atoms. The maximum Gasteiger partial charge on any atom is 0.243 e. The molecule has 100 valence electrons. The molecule has 0 bridgehead atoms. The zero-order chi connectivity index (χ0) is 13.5. The molecule has 1 aromatic rings. The summed E-state index contributed by atoms with van der Waals surface area (Å²) < 4.78 is 27.4. The average molecular weight is 268 g/mol. The molecule has 1 aromatic carbocycles. The van der Waals surface area contributed by atoms with Crippen LogP contribution >= 0.6 is 0 Å². The Morgan fingerprint density at radius 3 is 2.61 bits per heavy atom. The van der Waals surface area contributed by atoms with Gasteiger partial charge in [-0.2, -0.15) is 0 Å². The van der Waals surface area contributed by atoms with E-state index in [1.807, 2.05) is 13.0 Å². The summed E-state index contributed by atoms with van der Waals surface area (Å²) in [6.45, 7) is 5.76. The second-order valence-corrected chi connectivity index (χ2v) is 6.71. The monoisotopic (exact) mass is 268 g/mol. The smallest absolute Gasteiger partial charge is 0.243 e. The molecular weight excluding hydrogens is 248 g/mol. The molecule has 5 heteroatoms. The van der Waals surface area contributed by atoms with E-state index in [4.69, 9.17) is 5.73 Å². The van der Waals surface area contributed by atoms with Gasteiger partial charge in [-0.25, -0.2) is 13.1 Å². The average Bonchev–Trinajstić information content (AvgIpc) is 3.01. The summed E-state index contributed by atoms with van der Waals surface area (Å²) in [7, 11) is -3.50. The molecule has 0 radical (unpaired) electrons. The Morgan fingerprint density at radius 1 is 1.39 bits per heavy atom. The van der Waals surface area contributed by atoms with Crippen LogP contribution in [0.1, 0.15) is 30.9 Å². The van der Waals surface area contributed by atoms with Gasteiger partial charge in [0.1, 0.15) is 4.90 Å². The zero-order valence-corrected chi connectivity index (χ0v) is 11.8. The minimum Gasteiger partial charge on any atom is -0.398 e. The summed E-state index contributed by atoms with van der Waals surface area (Å²) in [6, 6.07) is 3.58. The predicted molar refractivity (Wildman–Crippen MR) is 72.8 cm³/mol. The number of hydrogen-bond acceptors (Lipinski definition) is 3. The second-order valence-electron chi connectivity index (χ2n) is 5.06. The summed E-state index contributed by atoms with van der Waals surface area (Å²) in [5.41, 5.74) is 7.81. The van der Waals surface area contributed by atoms with Crippen LogP contribution in [0.4, 0.5) is 5.69 Å². The molecule has 2 rings (SSSR count). The fourth-order valence-corrected chi connectivity index (χ4v) is 4.02. The van der Waals surface area contributed by atoms with Crippen molar-refractivity contribution in [2.75, 3.05) is 5.73 Å². The van der Waals surface area contributed by atoms with Gasteiger partial charge in [-0.15, -0.1) is 0 Å². The number of benzene rings is 1. The van der Waals surface area contributed by atoms with Crippen molar-refractivity contribution in [1.29, 1.82) is 0 Å². The van der Waals surface area contributed by atoms with Crippen LogP contribution in [0, 0.1) is 19.8 Å². The van der Waals surface area contributed by atoms with Gasteiger partial charge in [0.25, 0.3) is 0 Å². The van der Waals surface area contributed by atoms with E-state index in [0.29, 0.717) is 11.6 Å². The fraction of sp³-hybridized carbons (Fsp3) is 0.538. The highest BCUT2D eigenvalue weighted by Gasteiger charge is 2.39. The van der Waals surface area contributed by atoms with E-state index >= 15 is 0 Å². The quantitative estimate of drug-likeness (QED) is 0.820. The zero-order valence-electron chi connectivity index (χ0n) is 11.0. The van der Waals surface area contributed by atoms with Gasteiger partial charge in [0.15, 0.2) is 0 Å². The molecule has 1 saturated carbocycles. The molecule has 4 nitrogen and oxygen atoms in total. The van der Waals surface area contributed by atoms with Crippen molar-refractivity contribution in [2.45, 2.75) is 44.6 Å². The maximum absolute atomic E-state index is 12.3. The summed E-state index contributed by atoms with van der Waals surface area (Å²) in [4.78, 5) is 0.240. The van der Waals surface area contributed by atoms with Crippen LogP contribution in [0.3, 0.4) is 0 Å². The lowest BCUT2D eigenvalue weighted by molar-refractivity contribution is 0.575. The topological polar surface area (TPSA) is 72.2 Å². The molecule has 18 heavy (non-hydrogen) atoms. The Bertz CT molecular complexity index is 567. The van der Waals surface area contributed by atoms with E-state index in [1.54, 1.807) is 13.0 Å². The molecule has 2 unspecified atom stereocenters. The van der Waals surface area contributed by atoms with E-state index < -0.39 is 10.0 Å². The molecule has 0 heterocycles. The number of sulfonamides is 1. The Balaban J connectivity index is 2.33. The van der Waals surface area contributed by atoms with Crippen LogP contribution in [0.15, 0.2) is 17.0 Å². The second kappa shape index (κ2) is 4.55. The molecule has 0 aromatic heterocycles. The summed E-state index contributed by atoms with van der Waals surface area (Å²) in [5, 5.41) is 0. The molecule has 1 aliphatic rings. The first-order valence-electron chi connectivity index (χ1n) is 6.24. The van der Waals surface area contributed by atoms with Crippen LogP contribution in [0.2, 0.25) is 0 Å². The third-order valence-electron chi connectivity index (χ3n) is 3.73. The van der Waals surface area contributed by atoms with Crippen LogP contribution in [-0.2, 0) is 10.0 Å². The number of anilines is 1. The lowest BCUT2D eigenvalue weighted by Crippen LogP contribution is -2.28. The molecule has 2 atom stereocenters. The van der Waals surface area contributed by atoms with Crippen LogP contribution in [0.5, 0.6) is 0 Å². The molecule has 0 amide bonds. The number of nitrogen functional groups attached to an aromatic ring is 1. The molecular formula is C13H20N2O2S. The Kier molecular flexibility index (Phi) is 3.38. The Labute approximate surface area is 109 Å². The van der Waals surface area contributed by atoms with Crippen LogP contribution in [0.25, 0.3) is 0 Å². The minimum absolute atomic E-state index is 0.0827. The van der Waals surface area contributed by atoms with Crippen LogP contribution < -0.4 is 10.5 Å². The number of nitrogens with two attached hydrogens (primary N) is 1. The maximum atomic E-state index is 12.3. The minimum atomic E-state index is -3.50. The number of rotatable bonds is 4. The third kappa shape index (κ3) is 2.37. The normalized spacial score (nSPS) is 23.1. The van der Waals surface area contributed by atoms with Gasteiger partial charge < -0.3 is 5.73 Å². The van der Waals surface area contributed by atoms with Gasteiger partial charge >= 0.3 is 0 Å². The first-order valence-corrected chi connectivity index (χ1v) is 7.73. The van der Waals surface area contributed by atoms with E-state index in [9.17, 15) is 8.42 Å². The van der Waals surface area contributed by atoms with Crippen molar-refractivity contribution < 1.29 is 8.42 Å². The molecule has 1 aliphatic carbocycles. The van der Waals surface area contributed by atoms with Crippen molar-refractivity contribution in [3.63, 3.8) is 0 Å². The number of hydrogen-bond donors (Lipinski definition) is 2. The largest absolute Gasteiger partial charge is 0.398 e. The standard InChI is InChI=1S/C13H20N2O2S/c1-4-10-7-12(10)15-18(16,17)13-9(3)8(2)5-6-11(13)14/h5-6,10,12,15H,4,7,14H2,1-3H3. The highest BCUT2D eigenvalue weighted by molar-refractivity contribution is 7.89. The van der Waals surface area contributed by atoms with E-state index in [2.05, 4.69) is 11.6 Å². The SMILES string of the molecule is CCC1CC1NS(=O)(=O)c1c(N)ccc(C)c1C.